The van der Waals surface area contributed by atoms with E-state index in [0.717, 1.165) is 0 Å². The molecule has 0 saturated heterocycles. The molecule has 0 unspecified atom stereocenters. The predicted molar refractivity (Wildman–Crippen MR) is 81.3 cm³/mol. The third-order valence-electron chi connectivity index (χ3n) is 2.84. The first-order valence-electron chi connectivity index (χ1n) is 6.57. The Morgan fingerprint density at radius 2 is 1.64 bits per heavy atom. The van der Waals surface area contributed by atoms with Gasteiger partial charge < -0.3 is 15.4 Å². The molecule has 0 aliphatic rings. The van der Waals surface area contributed by atoms with Crippen LogP contribution in [-0.2, 0) is 9.59 Å². The van der Waals surface area contributed by atoms with Crippen LogP contribution in [0.1, 0.15) is 6.42 Å². The second-order valence-corrected chi connectivity index (χ2v) is 4.48. The molecule has 0 atom stereocenters. The number of hydrogen-bond acceptors (Lipinski definition) is 3. The summed E-state index contributed by atoms with van der Waals surface area (Å²) in [5, 5.41) is 4.93. The van der Waals surface area contributed by atoms with E-state index < -0.39 is 24.1 Å². The number of methoxy groups -OCH3 is 1. The number of carbonyl (C=O) groups excluding carboxylic acids is 2. The highest BCUT2D eigenvalue weighted by atomic mass is 19.1. The van der Waals surface area contributed by atoms with E-state index in [-0.39, 0.29) is 5.69 Å². The molecule has 2 aromatic carbocycles. The first-order chi connectivity index (χ1) is 10.6. The van der Waals surface area contributed by atoms with Gasteiger partial charge in [0.1, 0.15) is 18.0 Å². The van der Waals surface area contributed by atoms with E-state index in [1.165, 1.54) is 18.2 Å². The van der Waals surface area contributed by atoms with Crippen molar-refractivity contribution >= 4 is 23.2 Å². The molecule has 2 N–H and O–H groups in total. The van der Waals surface area contributed by atoms with E-state index in [1.54, 1.807) is 37.4 Å². The number of anilines is 2. The van der Waals surface area contributed by atoms with Crippen LogP contribution in [0.5, 0.6) is 5.75 Å². The summed E-state index contributed by atoms with van der Waals surface area (Å²) < 4.78 is 18.4. The molecular weight excluding hydrogens is 287 g/mol. The highest BCUT2D eigenvalue weighted by Gasteiger charge is 2.11. The molecule has 2 aromatic rings. The molecule has 0 radical (unpaired) electrons. The number of nitrogens with one attached hydrogen (secondary N) is 2. The number of amides is 2. The summed E-state index contributed by atoms with van der Waals surface area (Å²) in [7, 11) is 1.54. The van der Waals surface area contributed by atoms with Crippen molar-refractivity contribution in [3.63, 3.8) is 0 Å². The largest absolute Gasteiger partial charge is 0.497 e. The van der Waals surface area contributed by atoms with Gasteiger partial charge in [-0.2, -0.15) is 0 Å². The Labute approximate surface area is 127 Å². The minimum atomic E-state index is -0.587. The van der Waals surface area contributed by atoms with Gasteiger partial charge in [-0.3, -0.25) is 9.59 Å². The molecule has 114 valence electrons. The third-order valence-corrected chi connectivity index (χ3v) is 2.84. The van der Waals surface area contributed by atoms with Crippen LogP contribution < -0.4 is 15.4 Å². The second-order valence-electron chi connectivity index (χ2n) is 4.48. The molecule has 22 heavy (non-hydrogen) atoms. The zero-order valence-electron chi connectivity index (χ0n) is 11.9. The molecule has 0 aliphatic carbocycles. The minimum absolute atomic E-state index is 0.0461. The van der Waals surface area contributed by atoms with Gasteiger partial charge in [-0.05, 0) is 36.4 Å². The van der Waals surface area contributed by atoms with Crippen molar-refractivity contribution in [1.29, 1.82) is 0 Å². The lowest BCUT2D eigenvalue weighted by Crippen LogP contribution is -2.21. The van der Waals surface area contributed by atoms with E-state index in [1.807, 2.05) is 0 Å². The Balaban J connectivity index is 1.88. The highest BCUT2D eigenvalue weighted by Crippen LogP contribution is 2.15. The van der Waals surface area contributed by atoms with Crippen molar-refractivity contribution in [2.75, 3.05) is 17.7 Å². The van der Waals surface area contributed by atoms with Gasteiger partial charge in [-0.1, -0.05) is 12.1 Å². The second kappa shape index (κ2) is 7.21. The fourth-order valence-electron chi connectivity index (χ4n) is 1.78. The van der Waals surface area contributed by atoms with Gasteiger partial charge >= 0.3 is 0 Å². The van der Waals surface area contributed by atoms with Crippen LogP contribution in [0, 0.1) is 5.82 Å². The summed E-state index contributed by atoms with van der Waals surface area (Å²) in [5.41, 5.74) is 0.592. The van der Waals surface area contributed by atoms with Gasteiger partial charge in [0.2, 0.25) is 11.8 Å². The lowest BCUT2D eigenvalue weighted by atomic mass is 10.2. The van der Waals surface area contributed by atoms with E-state index >= 15 is 0 Å². The minimum Gasteiger partial charge on any atom is -0.497 e. The summed E-state index contributed by atoms with van der Waals surface area (Å²) in [5.74, 6) is -0.961. The molecule has 2 amide bonds. The zero-order valence-corrected chi connectivity index (χ0v) is 11.9. The monoisotopic (exact) mass is 302 g/mol. The van der Waals surface area contributed by atoms with E-state index in [4.69, 9.17) is 4.74 Å². The van der Waals surface area contributed by atoms with Gasteiger partial charge in [0.15, 0.2) is 0 Å². The zero-order chi connectivity index (χ0) is 15.9. The van der Waals surface area contributed by atoms with Crippen molar-refractivity contribution in [3.05, 3.63) is 54.3 Å². The summed E-state index contributed by atoms with van der Waals surface area (Å²) in [6.45, 7) is 0. The SMILES string of the molecule is COc1ccc(NC(=O)CC(=O)Nc2ccccc2F)cc1. The van der Waals surface area contributed by atoms with Gasteiger partial charge in [0.25, 0.3) is 0 Å². The number of para-hydroxylation sites is 1. The van der Waals surface area contributed by atoms with Gasteiger partial charge in [0.05, 0.1) is 12.8 Å². The van der Waals surface area contributed by atoms with E-state index in [0.29, 0.717) is 11.4 Å². The Morgan fingerprint density at radius 1 is 1.00 bits per heavy atom. The Morgan fingerprint density at radius 3 is 2.27 bits per heavy atom. The summed E-state index contributed by atoms with van der Waals surface area (Å²) in [4.78, 5) is 23.5. The maximum Gasteiger partial charge on any atom is 0.233 e. The Kier molecular flexibility index (Phi) is 5.08. The quantitative estimate of drug-likeness (QED) is 0.835. The topological polar surface area (TPSA) is 67.4 Å². The average molecular weight is 302 g/mol. The van der Waals surface area contributed by atoms with E-state index in [9.17, 15) is 14.0 Å². The fraction of sp³-hybridized carbons (Fsp3) is 0.125. The number of rotatable bonds is 5. The third kappa shape index (κ3) is 4.31. The molecule has 0 aromatic heterocycles. The summed E-state index contributed by atoms with van der Waals surface area (Å²) in [6.07, 6.45) is -0.402. The predicted octanol–water partition coefficient (Wildman–Crippen LogP) is 2.80. The Bertz CT molecular complexity index is 671. The highest BCUT2D eigenvalue weighted by molar-refractivity contribution is 6.08. The van der Waals surface area contributed by atoms with Crippen molar-refractivity contribution < 1.29 is 18.7 Å². The molecule has 6 heteroatoms. The van der Waals surface area contributed by atoms with Gasteiger partial charge in [-0.15, -0.1) is 0 Å². The maximum atomic E-state index is 13.4. The van der Waals surface area contributed by atoms with Crippen LogP contribution in [0.2, 0.25) is 0 Å². The van der Waals surface area contributed by atoms with Crippen LogP contribution in [0.4, 0.5) is 15.8 Å². The lowest BCUT2D eigenvalue weighted by Gasteiger charge is -2.08. The average Bonchev–Trinajstić information content (AvgIpc) is 2.50. The molecule has 0 spiro atoms. The van der Waals surface area contributed by atoms with Crippen LogP contribution in [0.25, 0.3) is 0 Å². The number of benzene rings is 2. The summed E-state index contributed by atoms with van der Waals surface area (Å²) in [6, 6.07) is 12.5. The van der Waals surface area contributed by atoms with Gasteiger partial charge in [-0.25, -0.2) is 4.39 Å². The fourth-order valence-corrected chi connectivity index (χ4v) is 1.78. The number of halogens is 1. The maximum absolute atomic E-state index is 13.4. The van der Waals surface area contributed by atoms with E-state index in [2.05, 4.69) is 10.6 Å². The molecule has 0 heterocycles. The normalized spacial score (nSPS) is 9.91. The van der Waals surface area contributed by atoms with Crippen molar-refractivity contribution in [3.8, 4) is 5.75 Å². The first kappa shape index (κ1) is 15.5. The Hall–Kier alpha value is -2.89. The number of hydrogen-bond donors (Lipinski definition) is 2. The van der Waals surface area contributed by atoms with Crippen molar-refractivity contribution in [2.24, 2.45) is 0 Å². The van der Waals surface area contributed by atoms with Gasteiger partial charge in [0, 0.05) is 5.69 Å². The van der Waals surface area contributed by atoms with Crippen LogP contribution in [0.3, 0.4) is 0 Å². The van der Waals surface area contributed by atoms with Crippen LogP contribution in [-0.4, -0.2) is 18.9 Å². The van der Waals surface area contributed by atoms with Crippen LogP contribution >= 0.6 is 0 Å². The molecule has 5 nitrogen and oxygen atoms in total. The molecule has 0 fully saturated rings. The molecule has 0 aliphatic heterocycles. The smallest absolute Gasteiger partial charge is 0.233 e. The van der Waals surface area contributed by atoms with Crippen molar-refractivity contribution in [1.82, 2.24) is 0 Å². The lowest BCUT2D eigenvalue weighted by molar-refractivity contribution is -0.123. The molecule has 2 rings (SSSR count). The number of ether oxygens (including phenoxy) is 1. The molecular formula is C16H15FN2O3. The first-order valence-corrected chi connectivity index (χ1v) is 6.57. The van der Waals surface area contributed by atoms with Crippen LogP contribution in [0.15, 0.2) is 48.5 Å². The molecule has 0 bridgehead atoms. The molecule has 0 saturated carbocycles. The standard InChI is InChI=1S/C16H15FN2O3/c1-22-12-8-6-11(7-9-12)18-15(20)10-16(21)19-14-5-3-2-4-13(14)17/h2-9H,10H2,1H3,(H,18,20)(H,19,21). The van der Waals surface area contributed by atoms with Crippen molar-refractivity contribution in [2.45, 2.75) is 6.42 Å². The number of carbonyl (C=O) groups is 2. The summed E-state index contributed by atoms with van der Waals surface area (Å²) >= 11 is 0.